The third-order valence-corrected chi connectivity index (χ3v) is 2.98. The number of pyridine rings is 1. The molecule has 0 saturated carbocycles. The van der Waals surface area contributed by atoms with E-state index in [1.807, 2.05) is 0 Å². The summed E-state index contributed by atoms with van der Waals surface area (Å²) in [6, 6.07) is 3.55. The largest absolute Gasteiger partial charge is 0.481 e. The Kier molecular flexibility index (Phi) is 4.03. The Morgan fingerprint density at radius 1 is 1.59 bits per heavy atom. The van der Waals surface area contributed by atoms with Crippen molar-refractivity contribution in [2.45, 2.75) is 12.8 Å². The van der Waals surface area contributed by atoms with Crippen molar-refractivity contribution in [2.75, 3.05) is 37.9 Å². The molecule has 5 nitrogen and oxygen atoms in total. The van der Waals surface area contributed by atoms with Crippen LogP contribution in [0, 0.1) is 5.92 Å². The van der Waals surface area contributed by atoms with E-state index in [4.69, 9.17) is 15.2 Å². The molecule has 0 aliphatic carbocycles. The van der Waals surface area contributed by atoms with Crippen LogP contribution in [0.15, 0.2) is 12.1 Å². The number of anilines is 2. The zero-order chi connectivity index (χ0) is 12.1. The molecule has 2 rings (SSSR count). The van der Waals surface area contributed by atoms with Gasteiger partial charge in [0.25, 0.3) is 0 Å². The lowest BCUT2D eigenvalue weighted by Gasteiger charge is -2.11. The summed E-state index contributed by atoms with van der Waals surface area (Å²) in [6.07, 6.45) is 2.24. The average Bonchev–Trinajstić information content (AvgIpc) is 2.84. The molecule has 0 bridgehead atoms. The molecule has 0 radical (unpaired) electrons. The molecule has 1 aliphatic heterocycles. The van der Waals surface area contributed by atoms with Crippen LogP contribution < -0.4 is 15.8 Å². The first-order valence-corrected chi connectivity index (χ1v) is 5.91. The van der Waals surface area contributed by atoms with Gasteiger partial charge in [0.1, 0.15) is 0 Å². The summed E-state index contributed by atoms with van der Waals surface area (Å²) in [6.45, 7) is 2.63. The molecule has 2 heterocycles. The van der Waals surface area contributed by atoms with Crippen molar-refractivity contribution in [1.82, 2.24) is 4.98 Å². The van der Waals surface area contributed by atoms with Gasteiger partial charge in [-0.25, -0.2) is 0 Å². The molecule has 1 atom stereocenters. The highest BCUT2D eigenvalue weighted by atomic mass is 16.5. The summed E-state index contributed by atoms with van der Waals surface area (Å²) >= 11 is 0. The normalized spacial score (nSPS) is 19.2. The van der Waals surface area contributed by atoms with Gasteiger partial charge in [-0.05, 0) is 24.8 Å². The molecule has 1 aromatic rings. The van der Waals surface area contributed by atoms with Gasteiger partial charge in [0.15, 0.2) is 5.82 Å². The SMILES string of the molecule is COc1ccc(N)c(NCCC2CCOC2)n1. The minimum atomic E-state index is 0.575. The molecule has 5 heteroatoms. The van der Waals surface area contributed by atoms with E-state index in [9.17, 15) is 0 Å². The van der Waals surface area contributed by atoms with Crippen LogP contribution in [0.25, 0.3) is 0 Å². The Balaban J connectivity index is 1.84. The van der Waals surface area contributed by atoms with Crippen LogP contribution in [0.2, 0.25) is 0 Å². The molecule has 0 aromatic carbocycles. The van der Waals surface area contributed by atoms with E-state index in [0.29, 0.717) is 23.3 Å². The monoisotopic (exact) mass is 237 g/mol. The second kappa shape index (κ2) is 5.72. The second-order valence-electron chi connectivity index (χ2n) is 4.24. The number of nitrogens with zero attached hydrogens (tertiary/aromatic N) is 1. The maximum atomic E-state index is 5.83. The molecule has 17 heavy (non-hydrogen) atoms. The van der Waals surface area contributed by atoms with Crippen molar-refractivity contribution in [2.24, 2.45) is 5.92 Å². The first-order valence-electron chi connectivity index (χ1n) is 5.91. The van der Waals surface area contributed by atoms with Gasteiger partial charge in [-0.1, -0.05) is 0 Å². The summed E-state index contributed by atoms with van der Waals surface area (Å²) in [4.78, 5) is 4.27. The number of aromatic nitrogens is 1. The first-order chi connectivity index (χ1) is 8.29. The molecule has 3 N–H and O–H groups in total. The van der Waals surface area contributed by atoms with E-state index in [-0.39, 0.29) is 0 Å². The van der Waals surface area contributed by atoms with Gasteiger partial charge < -0.3 is 20.5 Å². The Bertz CT molecular complexity index is 365. The van der Waals surface area contributed by atoms with Crippen molar-refractivity contribution in [1.29, 1.82) is 0 Å². The van der Waals surface area contributed by atoms with Gasteiger partial charge in [0.05, 0.1) is 12.8 Å². The number of methoxy groups -OCH3 is 1. The van der Waals surface area contributed by atoms with Gasteiger partial charge in [-0.2, -0.15) is 4.98 Å². The van der Waals surface area contributed by atoms with Crippen LogP contribution >= 0.6 is 0 Å². The number of hydrogen-bond acceptors (Lipinski definition) is 5. The number of rotatable bonds is 5. The van der Waals surface area contributed by atoms with Crippen LogP contribution in [0.3, 0.4) is 0 Å². The Hall–Kier alpha value is -1.49. The fraction of sp³-hybridized carbons (Fsp3) is 0.583. The Morgan fingerprint density at radius 2 is 2.47 bits per heavy atom. The summed E-state index contributed by atoms with van der Waals surface area (Å²) in [5.41, 5.74) is 6.48. The fourth-order valence-electron chi connectivity index (χ4n) is 1.91. The standard InChI is InChI=1S/C12H19N3O2/c1-16-11-3-2-10(13)12(15-11)14-6-4-9-5-7-17-8-9/h2-3,9H,4-8,13H2,1H3,(H,14,15). The molecule has 0 spiro atoms. The van der Waals surface area contributed by atoms with Crippen molar-refractivity contribution < 1.29 is 9.47 Å². The highest BCUT2D eigenvalue weighted by Gasteiger charge is 2.15. The minimum absolute atomic E-state index is 0.575. The first kappa shape index (κ1) is 12.0. The topological polar surface area (TPSA) is 69.4 Å². The molecular weight excluding hydrogens is 218 g/mol. The Morgan fingerprint density at radius 3 is 3.18 bits per heavy atom. The zero-order valence-electron chi connectivity index (χ0n) is 10.1. The van der Waals surface area contributed by atoms with E-state index < -0.39 is 0 Å². The van der Waals surface area contributed by atoms with E-state index in [1.54, 1.807) is 19.2 Å². The fourth-order valence-corrected chi connectivity index (χ4v) is 1.91. The second-order valence-corrected chi connectivity index (χ2v) is 4.24. The smallest absolute Gasteiger partial charge is 0.215 e. The molecule has 1 aromatic heterocycles. The lowest BCUT2D eigenvalue weighted by atomic mass is 10.1. The third kappa shape index (κ3) is 3.23. The maximum absolute atomic E-state index is 5.83. The van der Waals surface area contributed by atoms with Crippen LogP contribution in [0.4, 0.5) is 11.5 Å². The predicted molar refractivity (Wildman–Crippen MR) is 67.2 cm³/mol. The lowest BCUT2D eigenvalue weighted by molar-refractivity contribution is 0.185. The van der Waals surface area contributed by atoms with Crippen LogP contribution in [0.1, 0.15) is 12.8 Å². The number of hydrogen-bond donors (Lipinski definition) is 2. The number of nitrogens with one attached hydrogen (secondary N) is 1. The highest BCUT2D eigenvalue weighted by Crippen LogP contribution is 2.21. The molecule has 1 unspecified atom stereocenters. The number of nitrogens with two attached hydrogens (primary N) is 1. The van der Waals surface area contributed by atoms with Crippen molar-refractivity contribution >= 4 is 11.5 Å². The van der Waals surface area contributed by atoms with Gasteiger partial charge in [0, 0.05) is 25.8 Å². The van der Waals surface area contributed by atoms with Crippen molar-refractivity contribution in [3.63, 3.8) is 0 Å². The molecule has 1 saturated heterocycles. The molecule has 1 aliphatic rings. The quantitative estimate of drug-likeness (QED) is 0.812. The number of ether oxygens (including phenoxy) is 2. The summed E-state index contributed by atoms with van der Waals surface area (Å²) in [5.74, 6) is 1.93. The van der Waals surface area contributed by atoms with Gasteiger partial charge >= 0.3 is 0 Å². The van der Waals surface area contributed by atoms with E-state index in [1.165, 1.54) is 0 Å². The van der Waals surface area contributed by atoms with E-state index >= 15 is 0 Å². The minimum Gasteiger partial charge on any atom is -0.481 e. The van der Waals surface area contributed by atoms with Gasteiger partial charge in [0.2, 0.25) is 5.88 Å². The van der Waals surface area contributed by atoms with Gasteiger partial charge in [-0.3, -0.25) is 0 Å². The molecular formula is C12H19N3O2. The maximum Gasteiger partial charge on any atom is 0.215 e. The third-order valence-electron chi connectivity index (χ3n) is 2.98. The van der Waals surface area contributed by atoms with Crippen LogP contribution in [-0.4, -0.2) is 31.9 Å². The van der Waals surface area contributed by atoms with Crippen LogP contribution in [-0.2, 0) is 4.74 Å². The summed E-state index contributed by atoms with van der Waals surface area (Å²) in [7, 11) is 1.60. The molecule has 1 fully saturated rings. The Labute approximate surface area is 101 Å². The summed E-state index contributed by atoms with van der Waals surface area (Å²) in [5, 5.41) is 3.24. The zero-order valence-corrected chi connectivity index (χ0v) is 10.1. The van der Waals surface area contributed by atoms with Crippen LogP contribution in [0.5, 0.6) is 5.88 Å². The van der Waals surface area contributed by atoms with Crippen molar-refractivity contribution in [3.05, 3.63) is 12.1 Å². The average molecular weight is 237 g/mol. The van der Waals surface area contributed by atoms with Gasteiger partial charge in [-0.15, -0.1) is 0 Å². The molecule has 0 amide bonds. The van der Waals surface area contributed by atoms with Crippen molar-refractivity contribution in [3.8, 4) is 5.88 Å². The molecule has 94 valence electrons. The highest BCUT2D eigenvalue weighted by molar-refractivity contribution is 5.61. The summed E-state index contributed by atoms with van der Waals surface area (Å²) < 4.78 is 10.4. The van der Waals surface area contributed by atoms with E-state index in [0.717, 1.165) is 32.6 Å². The predicted octanol–water partition coefficient (Wildman–Crippen LogP) is 1.51. The van der Waals surface area contributed by atoms with E-state index in [2.05, 4.69) is 10.3 Å². The lowest BCUT2D eigenvalue weighted by Crippen LogP contribution is -2.11. The number of nitrogen functional groups attached to an aromatic ring is 1.